The molecule has 2 amide bonds. The highest BCUT2D eigenvalue weighted by molar-refractivity contribution is 7.99. The second-order valence-corrected chi connectivity index (χ2v) is 8.66. The maximum atomic E-state index is 13.1. The minimum Gasteiger partial charge on any atom is -0.368 e. The van der Waals surface area contributed by atoms with Crippen LogP contribution in [0.3, 0.4) is 0 Å². The summed E-state index contributed by atoms with van der Waals surface area (Å²) in [5.74, 6) is 1.02. The van der Waals surface area contributed by atoms with Gasteiger partial charge in [-0.1, -0.05) is 30.3 Å². The molecule has 0 radical (unpaired) electrons. The lowest BCUT2D eigenvalue weighted by molar-refractivity contribution is -0.125. The van der Waals surface area contributed by atoms with E-state index in [0.717, 1.165) is 5.69 Å². The van der Waals surface area contributed by atoms with Crippen LogP contribution in [0.4, 0.5) is 29.0 Å². The number of nitrogen functional groups attached to an aromatic ring is 1. The number of anilines is 5. The molecule has 0 aliphatic carbocycles. The Hall–Kier alpha value is -3.66. The van der Waals surface area contributed by atoms with E-state index in [9.17, 15) is 9.59 Å². The zero-order chi connectivity index (χ0) is 22.7. The number of aromatic nitrogens is 3. The molecule has 0 spiro atoms. The molecule has 0 fully saturated rings. The zero-order valence-corrected chi connectivity index (χ0v) is 18.5. The van der Waals surface area contributed by atoms with Crippen molar-refractivity contribution in [3.63, 3.8) is 0 Å². The van der Waals surface area contributed by atoms with Crippen LogP contribution in [0.25, 0.3) is 0 Å². The fraction of sp³-hybridized carbons (Fsp3) is 0.227. The molecule has 2 aromatic carbocycles. The highest BCUT2D eigenvalue weighted by Gasteiger charge is 2.43. The minimum atomic E-state index is -1.00. The average Bonchev–Trinajstić information content (AvgIpc) is 2.74. The van der Waals surface area contributed by atoms with Crippen molar-refractivity contribution < 1.29 is 9.59 Å². The van der Waals surface area contributed by atoms with Gasteiger partial charge < -0.3 is 16.4 Å². The molecule has 3 aromatic rings. The van der Waals surface area contributed by atoms with Crippen LogP contribution < -0.4 is 21.3 Å². The summed E-state index contributed by atoms with van der Waals surface area (Å²) in [5.41, 5.74) is 6.96. The molecule has 2 heterocycles. The van der Waals surface area contributed by atoms with Crippen LogP contribution in [0.2, 0.25) is 0 Å². The van der Waals surface area contributed by atoms with Gasteiger partial charge in [0.25, 0.3) is 0 Å². The second kappa shape index (κ2) is 8.83. The van der Waals surface area contributed by atoms with Gasteiger partial charge in [-0.3, -0.25) is 14.5 Å². The van der Waals surface area contributed by atoms with Gasteiger partial charge in [-0.05, 0) is 38.1 Å². The number of para-hydroxylation sites is 3. The molecule has 0 saturated heterocycles. The molecule has 0 unspecified atom stereocenters. The predicted octanol–water partition coefficient (Wildman–Crippen LogP) is 3.19. The van der Waals surface area contributed by atoms with Gasteiger partial charge >= 0.3 is 0 Å². The molecule has 9 nitrogen and oxygen atoms in total. The summed E-state index contributed by atoms with van der Waals surface area (Å²) in [5, 5.41) is 5.95. The Balaban J connectivity index is 1.44. The van der Waals surface area contributed by atoms with E-state index in [4.69, 9.17) is 5.73 Å². The Morgan fingerprint density at radius 2 is 1.81 bits per heavy atom. The van der Waals surface area contributed by atoms with E-state index in [1.807, 2.05) is 48.5 Å². The number of carbonyl (C=O) groups is 2. The summed E-state index contributed by atoms with van der Waals surface area (Å²) >= 11 is 1.35. The van der Waals surface area contributed by atoms with Crippen molar-refractivity contribution in [3.8, 4) is 0 Å². The monoisotopic (exact) mass is 449 g/mol. The Bertz CT molecular complexity index is 1150. The van der Waals surface area contributed by atoms with Crippen molar-refractivity contribution in [1.82, 2.24) is 15.0 Å². The number of hydrogen-bond donors (Lipinski definition) is 3. The SMILES string of the molecule is CC1(C)C(=O)Nc2ccccc2N1C(=O)CSCc1nc(N)nc(Nc2ccccc2)n1. The van der Waals surface area contributed by atoms with Crippen LogP contribution in [0.15, 0.2) is 54.6 Å². The van der Waals surface area contributed by atoms with Crippen LogP contribution in [-0.4, -0.2) is 38.1 Å². The molecule has 10 heteroatoms. The fourth-order valence-corrected chi connectivity index (χ4v) is 4.12. The molecule has 1 aliphatic heterocycles. The number of hydrogen-bond acceptors (Lipinski definition) is 8. The lowest BCUT2D eigenvalue weighted by atomic mass is 9.96. The van der Waals surface area contributed by atoms with Gasteiger partial charge in [0, 0.05) is 5.69 Å². The van der Waals surface area contributed by atoms with Crippen molar-refractivity contribution in [2.45, 2.75) is 25.1 Å². The van der Waals surface area contributed by atoms with E-state index in [-0.39, 0.29) is 23.5 Å². The summed E-state index contributed by atoms with van der Waals surface area (Å²) in [6.45, 7) is 3.46. The van der Waals surface area contributed by atoms with Gasteiger partial charge in [0.2, 0.25) is 23.7 Å². The average molecular weight is 450 g/mol. The van der Waals surface area contributed by atoms with E-state index in [1.54, 1.807) is 24.8 Å². The number of nitrogens with two attached hydrogens (primary N) is 1. The third-order valence-electron chi connectivity index (χ3n) is 4.94. The van der Waals surface area contributed by atoms with Crippen molar-refractivity contribution >= 4 is 52.5 Å². The molecule has 1 aliphatic rings. The molecular weight excluding hydrogens is 426 g/mol. The number of fused-ring (bicyclic) bond motifs is 1. The molecule has 0 saturated carbocycles. The molecule has 4 N–H and O–H groups in total. The van der Waals surface area contributed by atoms with E-state index in [1.165, 1.54) is 11.8 Å². The molecular formula is C22H23N7O2S. The largest absolute Gasteiger partial charge is 0.368 e. The van der Waals surface area contributed by atoms with Crippen LogP contribution >= 0.6 is 11.8 Å². The van der Waals surface area contributed by atoms with Crippen LogP contribution in [0, 0.1) is 0 Å². The molecule has 1 aromatic heterocycles. The maximum Gasteiger partial charge on any atom is 0.250 e. The lowest BCUT2D eigenvalue weighted by Crippen LogP contribution is -2.59. The first-order valence-electron chi connectivity index (χ1n) is 9.98. The van der Waals surface area contributed by atoms with Crippen LogP contribution in [-0.2, 0) is 15.3 Å². The van der Waals surface area contributed by atoms with Gasteiger partial charge in [-0.15, -0.1) is 11.8 Å². The summed E-state index contributed by atoms with van der Waals surface area (Å²) in [4.78, 5) is 39.9. The van der Waals surface area contributed by atoms with Crippen molar-refractivity contribution in [1.29, 1.82) is 0 Å². The van der Waals surface area contributed by atoms with Crippen LogP contribution in [0.5, 0.6) is 0 Å². The molecule has 0 atom stereocenters. The molecule has 32 heavy (non-hydrogen) atoms. The highest BCUT2D eigenvalue weighted by atomic mass is 32.2. The Morgan fingerprint density at radius 3 is 2.59 bits per heavy atom. The Kier molecular flexibility index (Phi) is 5.95. The normalized spacial score (nSPS) is 14.4. The number of nitrogens with one attached hydrogen (secondary N) is 2. The summed E-state index contributed by atoms with van der Waals surface area (Å²) in [7, 11) is 0. The number of amides is 2. The second-order valence-electron chi connectivity index (χ2n) is 7.68. The van der Waals surface area contributed by atoms with Crippen molar-refractivity contribution in [2.75, 3.05) is 27.0 Å². The smallest absolute Gasteiger partial charge is 0.250 e. The van der Waals surface area contributed by atoms with Gasteiger partial charge in [-0.25, -0.2) is 0 Å². The highest BCUT2D eigenvalue weighted by Crippen LogP contribution is 2.37. The van der Waals surface area contributed by atoms with Crippen LogP contribution in [0.1, 0.15) is 19.7 Å². The first kappa shape index (κ1) is 21.6. The third-order valence-corrected chi connectivity index (χ3v) is 5.86. The number of nitrogens with zero attached hydrogens (tertiary/aromatic N) is 4. The zero-order valence-electron chi connectivity index (χ0n) is 17.7. The predicted molar refractivity (Wildman–Crippen MR) is 127 cm³/mol. The van der Waals surface area contributed by atoms with Crippen molar-refractivity contribution in [3.05, 3.63) is 60.4 Å². The molecule has 164 valence electrons. The molecule has 0 bridgehead atoms. The number of benzene rings is 2. The van der Waals surface area contributed by atoms with E-state index >= 15 is 0 Å². The third kappa shape index (κ3) is 4.50. The standard InChI is InChI=1S/C22H23N7O2S/c1-22(2)19(31)25-15-10-6-7-11-16(15)29(22)18(30)13-32-12-17-26-20(23)28-21(27-17)24-14-8-4-3-5-9-14/h3-11H,12-13H2,1-2H3,(H,25,31)(H3,23,24,26,27,28). The number of rotatable bonds is 6. The van der Waals surface area contributed by atoms with Gasteiger partial charge in [0.15, 0.2) is 0 Å². The first-order chi connectivity index (χ1) is 15.3. The Morgan fingerprint density at radius 1 is 1.09 bits per heavy atom. The topological polar surface area (TPSA) is 126 Å². The van der Waals surface area contributed by atoms with Gasteiger partial charge in [0.1, 0.15) is 11.4 Å². The quantitative estimate of drug-likeness (QED) is 0.524. The summed E-state index contributed by atoms with van der Waals surface area (Å²) in [6, 6.07) is 16.8. The molecule has 4 rings (SSSR count). The van der Waals surface area contributed by atoms with E-state index < -0.39 is 5.54 Å². The van der Waals surface area contributed by atoms with Gasteiger partial charge in [-0.2, -0.15) is 15.0 Å². The number of carbonyl (C=O) groups excluding carboxylic acids is 2. The Labute approximate surface area is 189 Å². The van der Waals surface area contributed by atoms with E-state index in [2.05, 4.69) is 25.6 Å². The van der Waals surface area contributed by atoms with E-state index in [0.29, 0.717) is 28.9 Å². The lowest BCUT2D eigenvalue weighted by Gasteiger charge is -2.42. The van der Waals surface area contributed by atoms with Gasteiger partial charge in [0.05, 0.1) is 22.9 Å². The summed E-state index contributed by atoms with van der Waals surface area (Å²) < 4.78 is 0. The first-order valence-corrected chi connectivity index (χ1v) is 11.1. The summed E-state index contributed by atoms with van der Waals surface area (Å²) in [6.07, 6.45) is 0. The minimum absolute atomic E-state index is 0.100. The maximum absolute atomic E-state index is 13.1. The number of thioether (sulfide) groups is 1. The van der Waals surface area contributed by atoms with Crippen molar-refractivity contribution in [2.24, 2.45) is 0 Å². The fourth-order valence-electron chi connectivity index (χ4n) is 3.40.